The third-order valence-corrected chi connectivity index (χ3v) is 3.15. The third kappa shape index (κ3) is 2.72. The smallest absolute Gasteiger partial charge is 0.410 e. The van der Waals surface area contributed by atoms with E-state index in [2.05, 4.69) is 0 Å². The molecular weight excluding hydrogens is 222 g/mol. The summed E-state index contributed by atoms with van der Waals surface area (Å²) in [5.74, 6) is 0.218. The second kappa shape index (κ2) is 4.14. The molecule has 5 heteroatoms. The minimum Gasteiger partial charge on any atom is -0.444 e. The summed E-state index contributed by atoms with van der Waals surface area (Å²) in [7, 11) is 0. The van der Waals surface area contributed by atoms with Crippen LogP contribution in [0.15, 0.2) is 0 Å². The monoisotopic (exact) mass is 243 g/mol. The van der Waals surface area contributed by atoms with Crippen LogP contribution in [0.3, 0.4) is 0 Å². The molecule has 0 radical (unpaired) electrons. The Hall–Kier alpha value is -0.810. The highest BCUT2D eigenvalue weighted by Crippen LogP contribution is 2.38. The fraction of sp³-hybridized carbons (Fsp3) is 0.917. The topological polar surface area (TPSA) is 59.0 Å². The summed E-state index contributed by atoms with van der Waals surface area (Å²) in [6.45, 7) is 7.49. The van der Waals surface area contributed by atoms with E-state index in [9.17, 15) is 4.79 Å². The maximum atomic E-state index is 11.7. The Morgan fingerprint density at radius 1 is 1.53 bits per heavy atom. The second-order valence-electron chi connectivity index (χ2n) is 6.08. The van der Waals surface area contributed by atoms with Crippen molar-refractivity contribution in [3.63, 3.8) is 0 Å². The van der Waals surface area contributed by atoms with E-state index in [-0.39, 0.29) is 24.2 Å². The number of nitrogens with zero attached hydrogens (tertiary/aromatic N) is 1. The van der Waals surface area contributed by atoms with E-state index < -0.39 is 5.60 Å². The van der Waals surface area contributed by atoms with Crippen LogP contribution in [0.4, 0.5) is 4.79 Å². The van der Waals surface area contributed by atoms with Gasteiger partial charge in [0.2, 0.25) is 0 Å². The van der Waals surface area contributed by atoms with Gasteiger partial charge in [0, 0.05) is 12.5 Å². The average molecular weight is 243 g/mol. The highest BCUT2D eigenvalue weighted by molar-refractivity contribution is 5.69. The van der Waals surface area contributed by atoms with Crippen LogP contribution in [0.2, 0.25) is 0 Å². The Balaban J connectivity index is 1.81. The zero-order valence-corrected chi connectivity index (χ0v) is 10.7. The summed E-state index contributed by atoms with van der Waals surface area (Å²) in [6.07, 6.45) is 0.558. The predicted molar refractivity (Wildman–Crippen MR) is 61.7 cm³/mol. The van der Waals surface area contributed by atoms with Crippen molar-refractivity contribution in [1.82, 2.24) is 4.90 Å². The third-order valence-electron chi connectivity index (χ3n) is 3.15. The van der Waals surface area contributed by atoms with Gasteiger partial charge in [0.05, 0.1) is 19.7 Å². The van der Waals surface area contributed by atoms with Gasteiger partial charge in [-0.15, -0.1) is 0 Å². The number of ether oxygens (including phenoxy) is 2. The molecule has 0 bridgehead atoms. The molecule has 0 aromatic carbocycles. The molecule has 0 aromatic rings. The van der Waals surface area contributed by atoms with Gasteiger partial charge in [-0.05, 0) is 27.2 Å². The van der Waals surface area contributed by atoms with E-state index in [0.717, 1.165) is 6.42 Å². The molecule has 0 saturated carbocycles. The molecule has 2 aliphatic rings. The van der Waals surface area contributed by atoms with Crippen molar-refractivity contribution in [2.24, 2.45) is 5.92 Å². The van der Waals surface area contributed by atoms with Crippen molar-refractivity contribution < 1.29 is 19.4 Å². The van der Waals surface area contributed by atoms with Crippen LogP contribution < -0.4 is 0 Å². The van der Waals surface area contributed by atoms with Crippen LogP contribution in [-0.4, -0.2) is 53.6 Å². The molecule has 98 valence electrons. The minimum absolute atomic E-state index is 0.161. The van der Waals surface area contributed by atoms with Gasteiger partial charge in [-0.3, -0.25) is 0 Å². The average Bonchev–Trinajstić information content (AvgIpc) is 2.56. The zero-order valence-electron chi connectivity index (χ0n) is 10.7. The van der Waals surface area contributed by atoms with Crippen LogP contribution in [0.1, 0.15) is 27.2 Å². The summed E-state index contributed by atoms with van der Waals surface area (Å²) >= 11 is 0. The highest BCUT2D eigenvalue weighted by atomic mass is 16.6. The molecular formula is C12H21NO4. The van der Waals surface area contributed by atoms with Crippen LogP contribution in [0.25, 0.3) is 0 Å². The largest absolute Gasteiger partial charge is 0.444 e. The Morgan fingerprint density at radius 2 is 2.18 bits per heavy atom. The Bertz CT molecular complexity index is 304. The molecule has 2 aliphatic heterocycles. The molecule has 2 heterocycles. The Labute approximate surface area is 102 Å². The van der Waals surface area contributed by atoms with E-state index in [1.54, 1.807) is 4.90 Å². The van der Waals surface area contributed by atoms with Crippen LogP contribution >= 0.6 is 0 Å². The van der Waals surface area contributed by atoms with Gasteiger partial charge < -0.3 is 19.5 Å². The predicted octanol–water partition coefficient (Wildman–Crippen LogP) is 1.00. The van der Waals surface area contributed by atoms with Crippen LogP contribution in [0, 0.1) is 5.92 Å². The van der Waals surface area contributed by atoms with Gasteiger partial charge in [0.1, 0.15) is 11.2 Å². The first kappa shape index (κ1) is 12.6. The number of carbonyl (C=O) groups excluding carboxylic acids is 1. The normalized spacial score (nSPS) is 27.1. The van der Waals surface area contributed by atoms with Crippen molar-refractivity contribution in [3.8, 4) is 0 Å². The van der Waals surface area contributed by atoms with E-state index in [4.69, 9.17) is 14.6 Å². The summed E-state index contributed by atoms with van der Waals surface area (Å²) in [6, 6.07) is 0. The zero-order chi connectivity index (χ0) is 12.7. The van der Waals surface area contributed by atoms with E-state index >= 15 is 0 Å². The number of hydrogen-bond acceptors (Lipinski definition) is 4. The van der Waals surface area contributed by atoms with Crippen LogP contribution in [0.5, 0.6) is 0 Å². The molecule has 2 rings (SSSR count). The summed E-state index contributed by atoms with van der Waals surface area (Å²) in [5, 5.41) is 9.06. The fourth-order valence-electron chi connectivity index (χ4n) is 2.38. The fourth-order valence-corrected chi connectivity index (χ4v) is 2.38. The van der Waals surface area contributed by atoms with E-state index in [1.807, 2.05) is 20.8 Å². The number of hydrogen-bond donors (Lipinski definition) is 1. The number of likely N-dealkylation sites (tertiary alicyclic amines) is 1. The SMILES string of the molecule is CC(C)(C)OC(=O)N1CC2(CC(CO)CO2)C1. The Morgan fingerprint density at radius 3 is 2.65 bits per heavy atom. The first-order valence-electron chi connectivity index (χ1n) is 6.06. The number of carbonyl (C=O) groups is 1. The lowest BCUT2D eigenvalue weighted by Gasteiger charge is -2.46. The second-order valence-corrected chi connectivity index (χ2v) is 6.08. The minimum atomic E-state index is -0.454. The summed E-state index contributed by atoms with van der Waals surface area (Å²) in [5.41, 5.74) is -0.672. The molecule has 0 aliphatic carbocycles. The lowest BCUT2D eigenvalue weighted by Crippen LogP contribution is -2.63. The highest BCUT2D eigenvalue weighted by Gasteiger charge is 2.51. The number of aliphatic hydroxyl groups excluding tert-OH is 1. The van der Waals surface area contributed by atoms with Crippen molar-refractivity contribution in [3.05, 3.63) is 0 Å². The van der Waals surface area contributed by atoms with Crippen molar-refractivity contribution in [1.29, 1.82) is 0 Å². The lowest BCUT2D eigenvalue weighted by molar-refractivity contribution is -0.109. The first-order valence-corrected chi connectivity index (χ1v) is 6.06. The van der Waals surface area contributed by atoms with Crippen LogP contribution in [-0.2, 0) is 9.47 Å². The van der Waals surface area contributed by atoms with E-state index in [1.165, 1.54) is 0 Å². The lowest BCUT2D eigenvalue weighted by atomic mass is 9.88. The Kier molecular flexibility index (Phi) is 3.08. The summed E-state index contributed by atoms with van der Waals surface area (Å²) in [4.78, 5) is 13.4. The molecule has 17 heavy (non-hydrogen) atoms. The molecule has 2 fully saturated rings. The summed E-state index contributed by atoms with van der Waals surface area (Å²) < 4.78 is 11.0. The first-order chi connectivity index (χ1) is 7.84. The van der Waals surface area contributed by atoms with Crippen molar-refractivity contribution in [2.75, 3.05) is 26.3 Å². The standard InChI is InChI=1S/C12H21NO4/c1-11(2,3)17-10(15)13-7-12(8-13)4-9(5-14)6-16-12/h9,14H,4-8H2,1-3H3. The maximum Gasteiger partial charge on any atom is 0.410 e. The molecule has 1 amide bonds. The number of aliphatic hydroxyl groups is 1. The molecule has 2 saturated heterocycles. The maximum absolute atomic E-state index is 11.7. The van der Waals surface area contributed by atoms with Crippen molar-refractivity contribution >= 4 is 6.09 Å². The molecule has 1 N–H and O–H groups in total. The van der Waals surface area contributed by atoms with Gasteiger partial charge in [-0.2, -0.15) is 0 Å². The van der Waals surface area contributed by atoms with Gasteiger partial charge >= 0.3 is 6.09 Å². The van der Waals surface area contributed by atoms with Gasteiger partial charge in [-0.1, -0.05) is 0 Å². The molecule has 5 nitrogen and oxygen atoms in total. The van der Waals surface area contributed by atoms with E-state index in [0.29, 0.717) is 19.7 Å². The molecule has 1 spiro atoms. The molecule has 1 atom stereocenters. The molecule has 0 aromatic heterocycles. The van der Waals surface area contributed by atoms with Gasteiger partial charge in [0.25, 0.3) is 0 Å². The molecule has 1 unspecified atom stereocenters. The number of rotatable bonds is 1. The van der Waals surface area contributed by atoms with Crippen molar-refractivity contribution in [2.45, 2.75) is 38.4 Å². The quantitative estimate of drug-likeness (QED) is 0.746. The number of amides is 1. The van der Waals surface area contributed by atoms with Gasteiger partial charge in [-0.25, -0.2) is 4.79 Å². The van der Waals surface area contributed by atoms with Gasteiger partial charge in [0.15, 0.2) is 0 Å².